The molecule has 0 heterocycles. The molecule has 1 aromatic rings. The molecule has 114 valence electrons. The van der Waals surface area contributed by atoms with E-state index < -0.39 is 30.3 Å². The van der Waals surface area contributed by atoms with E-state index in [-0.39, 0.29) is 16.5 Å². The van der Waals surface area contributed by atoms with Crippen molar-refractivity contribution in [1.29, 1.82) is 0 Å². The number of halogens is 6. The van der Waals surface area contributed by atoms with Crippen LogP contribution in [0.1, 0.15) is 37.8 Å². The Bertz CT molecular complexity index is 447. The highest BCUT2D eigenvalue weighted by atomic mass is 79.9. The fourth-order valence-electron chi connectivity index (χ4n) is 1.80. The zero-order valence-corrected chi connectivity index (χ0v) is 12.4. The van der Waals surface area contributed by atoms with Crippen molar-refractivity contribution >= 4 is 15.9 Å². The van der Waals surface area contributed by atoms with Gasteiger partial charge in [0.2, 0.25) is 0 Å². The Morgan fingerprint density at radius 2 is 1.85 bits per heavy atom. The molecule has 1 rings (SSSR count). The molecule has 1 nitrogen and oxygen atoms in total. The van der Waals surface area contributed by atoms with E-state index in [2.05, 4.69) is 21.2 Å². The molecule has 0 aliphatic rings. The van der Waals surface area contributed by atoms with Crippen molar-refractivity contribution in [2.24, 2.45) is 0 Å². The summed E-state index contributed by atoms with van der Waals surface area (Å²) in [6.45, 7) is 2.27. The first kappa shape index (κ1) is 17.4. The van der Waals surface area contributed by atoms with Gasteiger partial charge in [-0.1, -0.05) is 6.92 Å². The van der Waals surface area contributed by atoms with Gasteiger partial charge in [-0.3, -0.25) is 0 Å². The third-order valence-electron chi connectivity index (χ3n) is 2.77. The van der Waals surface area contributed by atoms with Crippen molar-refractivity contribution < 1.29 is 22.0 Å². The molecule has 1 atom stereocenters. The lowest BCUT2D eigenvalue weighted by Crippen LogP contribution is -2.25. The van der Waals surface area contributed by atoms with E-state index >= 15 is 0 Å². The number of nitrogens with one attached hydrogen (secondary N) is 1. The van der Waals surface area contributed by atoms with Crippen LogP contribution in [0.4, 0.5) is 22.0 Å². The summed E-state index contributed by atoms with van der Waals surface area (Å²) in [5.74, 6) is -1.43. The van der Waals surface area contributed by atoms with Gasteiger partial charge in [-0.05, 0) is 47.4 Å². The maximum absolute atomic E-state index is 13.8. The predicted molar refractivity (Wildman–Crippen MR) is 70.4 cm³/mol. The van der Waals surface area contributed by atoms with Crippen molar-refractivity contribution in [1.82, 2.24) is 5.32 Å². The van der Waals surface area contributed by atoms with Gasteiger partial charge in [0.25, 0.3) is 0 Å². The maximum Gasteiger partial charge on any atom is 0.389 e. The number of hydrogen-bond donors (Lipinski definition) is 1. The molecular weight excluding hydrogens is 345 g/mol. The normalized spacial score (nSPS) is 13.6. The second kappa shape index (κ2) is 7.36. The molecule has 0 bridgehead atoms. The minimum Gasteiger partial charge on any atom is -0.310 e. The average Bonchev–Trinajstić information content (AvgIpc) is 2.33. The molecule has 0 aliphatic carbocycles. The summed E-state index contributed by atoms with van der Waals surface area (Å²) >= 11 is 2.84. The lowest BCUT2D eigenvalue weighted by Gasteiger charge is -2.20. The predicted octanol–water partition coefficient (Wildman–Crippen LogP) is 5.11. The highest BCUT2D eigenvalue weighted by Gasteiger charge is 2.29. The van der Waals surface area contributed by atoms with E-state index in [4.69, 9.17) is 0 Å². The second-order valence-electron chi connectivity index (χ2n) is 4.45. The Morgan fingerprint density at radius 3 is 2.40 bits per heavy atom. The first-order valence-corrected chi connectivity index (χ1v) is 6.98. The monoisotopic (exact) mass is 359 g/mol. The van der Waals surface area contributed by atoms with Gasteiger partial charge in [0.1, 0.15) is 11.6 Å². The first-order valence-electron chi connectivity index (χ1n) is 6.19. The van der Waals surface area contributed by atoms with Crippen LogP contribution in [0.25, 0.3) is 0 Å². The van der Waals surface area contributed by atoms with E-state index in [1.807, 2.05) is 6.92 Å². The molecule has 1 N–H and O–H groups in total. The third-order valence-corrected chi connectivity index (χ3v) is 3.38. The van der Waals surface area contributed by atoms with Crippen LogP contribution in [0.5, 0.6) is 0 Å². The summed E-state index contributed by atoms with van der Waals surface area (Å²) in [4.78, 5) is 0. The molecule has 20 heavy (non-hydrogen) atoms. The lowest BCUT2D eigenvalue weighted by atomic mass is 10.0. The summed E-state index contributed by atoms with van der Waals surface area (Å²) in [5, 5.41) is 2.82. The van der Waals surface area contributed by atoms with Crippen LogP contribution in [-0.2, 0) is 0 Å². The van der Waals surface area contributed by atoms with Crippen LogP contribution in [0, 0.1) is 11.6 Å². The summed E-state index contributed by atoms with van der Waals surface area (Å²) < 4.78 is 64.1. The largest absolute Gasteiger partial charge is 0.389 e. The maximum atomic E-state index is 13.8. The Morgan fingerprint density at radius 1 is 1.20 bits per heavy atom. The average molecular weight is 360 g/mol. The smallest absolute Gasteiger partial charge is 0.310 e. The molecule has 1 aromatic carbocycles. The molecule has 0 saturated carbocycles. The fourth-order valence-corrected chi connectivity index (χ4v) is 2.11. The molecule has 0 fully saturated rings. The van der Waals surface area contributed by atoms with Crippen LogP contribution in [0.2, 0.25) is 0 Å². The summed E-state index contributed by atoms with van der Waals surface area (Å²) in [5.41, 5.74) is -0.0802. The van der Waals surface area contributed by atoms with Gasteiger partial charge in [0.15, 0.2) is 0 Å². The number of hydrogen-bond acceptors (Lipinski definition) is 1. The molecule has 7 heteroatoms. The van der Waals surface area contributed by atoms with Crippen molar-refractivity contribution in [2.45, 2.75) is 38.4 Å². The number of alkyl halides is 3. The zero-order chi connectivity index (χ0) is 15.3. The minimum atomic E-state index is -4.32. The zero-order valence-electron chi connectivity index (χ0n) is 10.8. The van der Waals surface area contributed by atoms with E-state index in [0.29, 0.717) is 13.0 Å². The molecule has 0 aliphatic heterocycles. The summed E-state index contributed by atoms with van der Waals surface area (Å²) in [6.07, 6.45) is -5.02. The molecule has 0 spiro atoms. The van der Waals surface area contributed by atoms with Gasteiger partial charge < -0.3 is 5.32 Å². The van der Waals surface area contributed by atoms with Crippen molar-refractivity contribution in [3.63, 3.8) is 0 Å². The lowest BCUT2D eigenvalue weighted by molar-refractivity contribution is -0.136. The van der Waals surface area contributed by atoms with Crippen LogP contribution in [0.3, 0.4) is 0 Å². The van der Waals surface area contributed by atoms with Crippen LogP contribution in [0.15, 0.2) is 16.6 Å². The fraction of sp³-hybridized carbons (Fsp3) is 0.538. The quantitative estimate of drug-likeness (QED) is 0.549. The molecule has 1 unspecified atom stereocenters. The van der Waals surface area contributed by atoms with Gasteiger partial charge in [-0.25, -0.2) is 8.78 Å². The van der Waals surface area contributed by atoms with E-state index in [0.717, 1.165) is 12.1 Å². The van der Waals surface area contributed by atoms with E-state index in [9.17, 15) is 22.0 Å². The Balaban J connectivity index is 2.95. The van der Waals surface area contributed by atoms with E-state index in [1.165, 1.54) is 0 Å². The molecule has 0 radical (unpaired) electrons. The minimum absolute atomic E-state index is 0.0520. The highest BCUT2D eigenvalue weighted by Crippen LogP contribution is 2.30. The molecule has 0 amide bonds. The SMILES string of the molecule is CCCNC(CCC(F)(F)F)c1cc(F)c(Br)cc1F. The van der Waals surface area contributed by atoms with Crippen LogP contribution >= 0.6 is 15.9 Å². The summed E-state index contributed by atoms with van der Waals surface area (Å²) in [6, 6.07) is 1.00. The number of rotatable bonds is 6. The Hall–Kier alpha value is -0.690. The Labute approximate surface area is 122 Å². The number of benzene rings is 1. The molecule has 0 aromatic heterocycles. The van der Waals surface area contributed by atoms with Crippen molar-refractivity contribution in [2.75, 3.05) is 6.54 Å². The first-order chi connectivity index (χ1) is 9.24. The molecule has 0 saturated heterocycles. The standard InChI is InChI=1S/C13H15BrF5N/c1-2-5-20-12(3-4-13(17,18)19)8-6-11(16)9(14)7-10(8)15/h6-7,12,20H,2-5H2,1H3. The van der Waals surface area contributed by atoms with Crippen molar-refractivity contribution in [3.05, 3.63) is 33.8 Å². The van der Waals surface area contributed by atoms with Gasteiger partial charge in [0.05, 0.1) is 4.47 Å². The van der Waals surface area contributed by atoms with Crippen molar-refractivity contribution in [3.8, 4) is 0 Å². The van der Waals surface area contributed by atoms with Crippen LogP contribution in [-0.4, -0.2) is 12.7 Å². The van der Waals surface area contributed by atoms with Gasteiger partial charge >= 0.3 is 6.18 Å². The van der Waals surface area contributed by atoms with Crippen LogP contribution < -0.4 is 5.32 Å². The molecular formula is C13H15BrF5N. The van der Waals surface area contributed by atoms with E-state index in [1.54, 1.807) is 0 Å². The topological polar surface area (TPSA) is 12.0 Å². The second-order valence-corrected chi connectivity index (χ2v) is 5.30. The van der Waals surface area contributed by atoms with Gasteiger partial charge in [0, 0.05) is 18.0 Å². The summed E-state index contributed by atoms with van der Waals surface area (Å²) in [7, 11) is 0. The highest BCUT2D eigenvalue weighted by molar-refractivity contribution is 9.10. The van der Waals surface area contributed by atoms with Gasteiger partial charge in [-0.15, -0.1) is 0 Å². The van der Waals surface area contributed by atoms with Gasteiger partial charge in [-0.2, -0.15) is 13.2 Å². The third kappa shape index (κ3) is 5.36. The Kier molecular flexibility index (Phi) is 6.39.